The van der Waals surface area contributed by atoms with E-state index in [4.69, 9.17) is 10.5 Å². The summed E-state index contributed by atoms with van der Waals surface area (Å²) in [5.41, 5.74) is 6.83. The van der Waals surface area contributed by atoms with Crippen LogP contribution in [-0.2, 0) is 16.4 Å². The zero-order valence-corrected chi connectivity index (χ0v) is 13.5. The topological polar surface area (TPSA) is 72.6 Å². The fourth-order valence-electron chi connectivity index (χ4n) is 2.92. The second kappa shape index (κ2) is 6.34. The van der Waals surface area contributed by atoms with Gasteiger partial charge in [0.25, 0.3) is 0 Å². The van der Waals surface area contributed by atoms with Crippen LogP contribution in [0.15, 0.2) is 24.3 Å². The molecule has 1 saturated heterocycles. The van der Waals surface area contributed by atoms with Gasteiger partial charge < -0.3 is 10.5 Å². The molecule has 0 unspecified atom stereocenters. The van der Waals surface area contributed by atoms with Crippen molar-refractivity contribution >= 4 is 9.84 Å². The van der Waals surface area contributed by atoms with Crippen molar-refractivity contribution in [3.8, 4) is 5.75 Å². The molecule has 1 heterocycles. The van der Waals surface area contributed by atoms with Crippen LogP contribution in [0.2, 0.25) is 0 Å². The molecule has 0 saturated carbocycles. The summed E-state index contributed by atoms with van der Waals surface area (Å²) in [6.07, 6.45) is 1.19. The summed E-state index contributed by atoms with van der Waals surface area (Å²) >= 11 is 0. The van der Waals surface area contributed by atoms with E-state index in [0.717, 1.165) is 11.3 Å². The van der Waals surface area contributed by atoms with Gasteiger partial charge in [-0.15, -0.1) is 0 Å². The summed E-state index contributed by atoms with van der Waals surface area (Å²) in [7, 11) is 0.779. The van der Waals surface area contributed by atoms with Gasteiger partial charge in [-0.3, -0.25) is 4.90 Å². The van der Waals surface area contributed by atoms with Gasteiger partial charge in [0, 0.05) is 24.2 Å². The molecule has 1 fully saturated rings. The van der Waals surface area contributed by atoms with Crippen molar-refractivity contribution in [1.29, 1.82) is 0 Å². The normalized spacial score (nSPS) is 20.4. The molecule has 1 aromatic rings. The van der Waals surface area contributed by atoms with Crippen LogP contribution in [0.4, 0.5) is 0 Å². The van der Waals surface area contributed by atoms with Crippen molar-refractivity contribution in [1.82, 2.24) is 4.90 Å². The zero-order chi connectivity index (χ0) is 15.5. The number of likely N-dealkylation sites (N-methyl/N-ethyl adjacent to an activating group) is 1. The van der Waals surface area contributed by atoms with E-state index >= 15 is 0 Å². The minimum atomic E-state index is -2.89. The summed E-state index contributed by atoms with van der Waals surface area (Å²) < 4.78 is 28.7. The van der Waals surface area contributed by atoms with Gasteiger partial charge in [0.2, 0.25) is 0 Å². The van der Waals surface area contributed by atoms with Crippen molar-refractivity contribution < 1.29 is 13.2 Å². The molecule has 118 valence electrons. The quantitative estimate of drug-likeness (QED) is 0.879. The molecule has 2 N–H and O–H groups in total. The Hall–Kier alpha value is -1.11. The van der Waals surface area contributed by atoms with Crippen molar-refractivity contribution in [2.45, 2.75) is 24.9 Å². The first-order valence-electron chi connectivity index (χ1n) is 7.16. The number of hydrogen-bond acceptors (Lipinski definition) is 5. The predicted molar refractivity (Wildman–Crippen MR) is 84.1 cm³/mol. The monoisotopic (exact) mass is 312 g/mol. The molecule has 0 atom stereocenters. The second-order valence-electron chi connectivity index (χ2n) is 5.75. The maximum atomic E-state index is 11.7. The standard InChI is InChI=1S/C15H24N2O3S/c1-17(11-13-5-3-4-6-14(13)20-2)15(12-16)7-9-21(18,19)10-8-15/h3-6H,7-12,16H2,1-2H3. The van der Waals surface area contributed by atoms with Crippen LogP contribution in [0.5, 0.6) is 5.75 Å². The van der Waals surface area contributed by atoms with Gasteiger partial charge >= 0.3 is 0 Å². The van der Waals surface area contributed by atoms with Crippen LogP contribution in [-0.4, -0.2) is 51.1 Å². The molecule has 0 spiro atoms. The average molecular weight is 312 g/mol. The number of sulfone groups is 1. The second-order valence-corrected chi connectivity index (χ2v) is 8.05. The molecule has 1 aliphatic rings. The molecular formula is C15H24N2O3S. The van der Waals surface area contributed by atoms with Gasteiger partial charge in [-0.1, -0.05) is 18.2 Å². The van der Waals surface area contributed by atoms with Crippen LogP contribution in [0, 0.1) is 0 Å². The highest BCUT2D eigenvalue weighted by Crippen LogP contribution is 2.31. The Balaban J connectivity index is 2.16. The highest BCUT2D eigenvalue weighted by Gasteiger charge is 2.39. The molecule has 1 aromatic carbocycles. The van der Waals surface area contributed by atoms with Crippen molar-refractivity contribution in [2.75, 3.05) is 32.2 Å². The number of rotatable bonds is 5. The van der Waals surface area contributed by atoms with E-state index in [0.29, 0.717) is 25.9 Å². The smallest absolute Gasteiger partial charge is 0.150 e. The molecule has 1 aliphatic heterocycles. The van der Waals surface area contributed by atoms with Crippen LogP contribution in [0.3, 0.4) is 0 Å². The molecule has 0 radical (unpaired) electrons. The lowest BCUT2D eigenvalue weighted by atomic mass is 9.90. The lowest BCUT2D eigenvalue weighted by Gasteiger charge is -2.44. The predicted octanol–water partition coefficient (Wildman–Crippen LogP) is 1.03. The van der Waals surface area contributed by atoms with E-state index in [1.165, 1.54) is 0 Å². The molecule has 21 heavy (non-hydrogen) atoms. The molecule has 0 aromatic heterocycles. The molecule has 2 rings (SSSR count). The van der Waals surface area contributed by atoms with Crippen molar-refractivity contribution in [3.05, 3.63) is 29.8 Å². The van der Waals surface area contributed by atoms with Gasteiger partial charge in [-0.05, 0) is 26.0 Å². The SMILES string of the molecule is COc1ccccc1CN(C)C1(CN)CCS(=O)(=O)CC1. The largest absolute Gasteiger partial charge is 0.496 e. The van der Waals surface area contributed by atoms with Crippen molar-refractivity contribution in [2.24, 2.45) is 5.73 Å². The Kier molecular flexibility index (Phi) is 4.91. The van der Waals surface area contributed by atoms with E-state index in [1.807, 2.05) is 31.3 Å². The van der Waals surface area contributed by atoms with Gasteiger partial charge in [0.05, 0.1) is 18.6 Å². The molecular weight excluding hydrogens is 288 g/mol. The first-order valence-corrected chi connectivity index (χ1v) is 8.98. The first kappa shape index (κ1) is 16.3. The summed E-state index contributed by atoms with van der Waals surface area (Å²) in [4.78, 5) is 2.18. The number of nitrogens with zero attached hydrogens (tertiary/aromatic N) is 1. The Morgan fingerprint density at radius 3 is 2.48 bits per heavy atom. The summed E-state index contributed by atoms with van der Waals surface area (Å²) in [6, 6.07) is 7.88. The Bertz CT molecular complexity index is 572. The number of ether oxygens (including phenoxy) is 1. The van der Waals surface area contributed by atoms with E-state index < -0.39 is 9.84 Å². The Morgan fingerprint density at radius 2 is 1.90 bits per heavy atom. The molecule has 0 bridgehead atoms. The highest BCUT2D eigenvalue weighted by molar-refractivity contribution is 7.91. The fraction of sp³-hybridized carbons (Fsp3) is 0.600. The molecule has 0 amide bonds. The molecule has 6 heteroatoms. The van der Waals surface area contributed by atoms with Gasteiger partial charge in [0.1, 0.15) is 15.6 Å². The van der Waals surface area contributed by atoms with Gasteiger partial charge in [0.15, 0.2) is 0 Å². The van der Waals surface area contributed by atoms with Gasteiger partial charge in [-0.2, -0.15) is 0 Å². The Morgan fingerprint density at radius 1 is 1.29 bits per heavy atom. The minimum Gasteiger partial charge on any atom is -0.496 e. The number of methoxy groups -OCH3 is 1. The third kappa shape index (κ3) is 3.56. The van der Waals surface area contributed by atoms with Crippen molar-refractivity contribution in [3.63, 3.8) is 0 Å². The lowest BCUT2D eigenvalue weighted by Crippen LogP contribution is -2.55. The zero-order valence-electron chi connectivity index (χ0n) is 12.7. The fourth-order valence-corrected chi connectivity index (χ4v) is 4.50. The number of para-hydroxylation sites is 1. The summed E-state index contributed by atoms with van der Waals surface area (Å²) in [6.45, 7) is 1.16. The number of benzene rings is 1. The number of hydrogen-bond donors (Lipinski definition) is 1. The maximum Gasteiger partial charge on any atom is 0.150 e. The van der Waals surface area contributed by atoms with Gasteiger partial charge in [-0.25, -0.2) is 8.42 Å². The maximum absolute atomic E-state index is 11.7. The number of nitrogens with two attached hydrogens (primary N) is 1. The lowest BCUT2D eigenvalue weighted by molar-refractivity contribution is 0.104. The van der Waals surface area contributed by atoms with E-state index in [1.54, 1.807) is 7.11 Å². The third-order valence-electron chi connectivity index (χ3n) is 4.55. The Labute approximate surface area is 127 Å². The highest BCUT2D eigenvalue weighted by atomic mass is 32.2. The van der Waals surface area contributed by atoms with E-state index in [-0.39, 0.29) is 17.0 Å². The minimum absolute atomic E-state index is 0.223. The van der Waals surface area contributed by atoms with Crippen LogP contribution in [0.25, 0.3) is 0 Å². The van der Waals surface area contributed by atoms with Crippen LogP contribution < -0.4 is 10.5 Å². The van der Waals surface area contributed by atoms with E-state index in [2.05, 4.69) is 4.90 Å². The first-order chi connectivity index (χ1) is 9.92. The molecule has 5 nitrogen and oxygen atoms in total. The summed E-state index contributed by atoms with van der Waals surface area (Å²) in [5.74, 6) is 1.29. The van der Waals surface area contributed by atoms with E-state index in [9.17, 15) is 8.42 Å². The third-order valence-corrected chi connectivity index (χ3v) is 6.20. The summed E-state index contributed by atoms with van der Waals surface area (Å²) in [5, 5.41) is 0. The van der Waals surface area contributed by atoms with Crippen LogP contribution >= 0.6 is 0 Å². The molecule has 0 aliphatic carbocycles. The van der Waals surface area contributed by atoms with Crippen LogP contribution in [0.1, 0.15) is 18.4 Å². The average Bonchev–Trinajstić information content (AvgIpc) is 2.48.